The Balaban J connectivity index is 4.23. The van der Waals surface area contributed by atoms with Crippen LogP contribution in [-0.4, -0.2) is 16.5 Å². The lowest BCUT2D eigenvalue weighted by molar-refractivity contribution is 1.35. The van der Waals surface area contributed by atoms with E-state index in [1.54, 1.807) is 0 Å². The first-order valence-electron chi connectivity index (χ1n) is 3.89. The fraction of sp³-hybridized carbons (Fsp3) is 0.500. The third-order valence-corrected chi connectivity index (χ3v) is 8.86. The van der Waals surface area contributed by atoms with Crippen molar-refractivity contribution in [3.05, 3.63) is 24.6 Å². The van der Waals surface area contributed by atoms with Gasteiger partial charge < -0.3 is 4.65 Å². The van der Waals surface area contributed by atoms with Gasteiger partial charge in [-0.2, -0.15) is 0 Å². The fourth-order valence-electron chi connectivity index (χ4n) is 0.932. The van der Waals surface area contributed by atoms with Crippen molar-refractivity contribution in [3.63, 3.8) is 0 Å². The van der Waals surface area contributed by atoms with Crippen LogP contribution in [0.5, 0.6) is 0 Å². The first-order valence-corrected chi connectivity index (χ1v) is 10.0. The quantitative estimate of drug-likeness (QED) is 0.663. The maximum Gasteiger partial charge on any atom is 0.137 e. The Labute approximate surface area is 72.4 Å². The van der Waals surface area contributed by atoms with Crippen LogP contribution in [0.3, 0.4) is 0 Å². The molecule has 0 fully saturated rings. The van der Waals surface area contributed by atoms with Crippen LogP contribution in [0.25, 0.3) is 0 Å². The van der Waals surface area contributed by atoms with Gasteiger partial charge in [0.25, 0.3) is 0 Å². The first kappa shape index (κ1) is 10.9. The molecule has 11 heavy (non-hydrogen) atoms. The van der Waals surface area contributed by atoms with Gasteiger partial charge in [-0.1, -0.05) is 37.6 Å². The van der Waals surface area contributed by atoms with Crippen molar-refractivity contribution >= 4 is 16.5 Å². The lowest BCUT2D eigenvalue weighted by atomic mass is 11.3. The molecule has 0 heterocycles. The van der Waals surface area contributed by atoms with E-state index >= 15 is 0 Å². The predicted molar refractivity (Wildman–Crippen MR) is 58.5 cm³/mol. The molecule has 0 unspecified atom stereocenters. The first-order chi connectivity index (χ1) is 4.83. The Kier molecular flexibility index (Phi) is 3.47. The van der Waals surface area contributed by atoms with Gasteiger partial charge in [0.1, 0.15) is 16.5 Å². The second kappa shape index (κ2) is 3.51. The summed E-state index contributed by atoms with van der Waals surface area (Å²) in [5.41, 5.74) is 4.15. The van der Waals surface area contributed by atoms with Gasteiger partial charge in [-0.15, -0.1) is 13.2 Å². The summed E-state index contributed by atoms with van der Waals surface area (Å²) in [6.07, 6.45) is 0. The molecule has 0 spiro atoms. The maximum absolute atomic E-state index is 3.84. The number of hydrogen-bond donors (Lipinski definition) is 1. The Hall–Kier alpha value is -0.126. The molecule has 0 saturated heterocycles. The molecule has 1 N–H and O–H groups in total. The van der Waals surface area contributed by atoms with Crippen LogP contribution in [0.2, 0.25) is 26.2 Å². The molecule has 1 nitrogen and oxygen atoms in total. The van der Waals surface area contributed by atoms with Crippen LogP contribution in [-0.2, 0) is 0 Å². The second-order valence-electron chi connectivity index (χ2n) is 3.98. The highest BCUT2D eigenvalue weighted by Crippen LogP contribution is 2.05. The molecule has 0 aromatic rings. The van der Waals surface area contributed by atoms with E-state index in [0.717, 1.165) is 0 Å². The molecule has 0 aliphatic carbocycles. The van der Waals surface area contributed by atoms with Crippen molar-refractivity contribution in [1.29, 1.82) is 0 Å². The molecule has 0 aromatic heterocycles. The molecule has 0 aliphatic rings. The number of rotatable bonds is 4. The van der Waals surface area contributed by atoms with Gasteiger partial charge in [0, 0.05) is 0 Å². The normalized spacial score (nSPS) is 12.7. The zero-order valence-corrected chi connectivity index (χ0v) is 10.1. The lowest BCUT2D eigenvalue weighted by Crippen LogP contribution is -2.57. The summed E-state index contributed by atoms with van der Waals surface area (Å²) in [5, 5.41) is 0. The van der Waals surface area contributed by atoms with E-state index in [9.17, 15) is 0 Å². The summed E-state index contributed by atoms with van der Waals surface area (Å²) in [4.78, 5) is 0. The molecule has 0 amide bonds. The predicted octanol–water partition coefficient (Wildman–Crippen LogP) is 2.44. The van der Waals surface area contributed by atoms with Crippen molar-refractivity contribution in [2.45, 2.75) is 26.2 Å². The summed E-state index contributed by atoms with van der Waals surface area (Å²) in [6, 6.07) is 0. The molecule has 0 radical (unpaired) electrons. The highest BCUT2D eigenvalue weighted by Gasteiger charge is 2.25. The smallest absolute Gasteiger partial charge is 0.137 e. The average molecular weight is 185 g/mol. The molecular formula is C8H19NSi2. The van der Waals surface area contributed by atoms with E-state index in [-0.39, 0.29) is 0 Å². The summed E-state index contributed by atoms with van der Waals surface area (Å²) >= 11 is 0. The highest BCUT2D eigenvalue weighted by molar-refractivity contribution is 6.95. The third kappa shape index (κ3) is 4.34. The Morgan fingerprint density at radius 1 is 0.909 bits per heavy atom. The van der Waals surface area contributed by atoms with Crippen LogP contribution >= 0.6 is 0 Å². The van der Waals surface area contributed by atoms with Gasteiger partial charge in [0.2, 0.25) is 0 Å². The van der Waals surface area contributed by atoms with Gasteiger partial charge in [0.05, 0.1) is 0 Å². The van der Waals surface area contributed by atoms with E-state index in [0.29, 0.717) is 0 Å². The Bertz CT molecular complexity index is 143. The van der Waals surface area contributed by atoms with Crippen LogP contribution < -0.4 is 4.65 Å². The molecule has 0 aromatic carbocycles. The van der Waals surface area contributed by atoms with Crippen molar-refractivity contribution in [3.8, 4) is 0 Å². The molecule has 0 saturated carbocycles. The zero-order valence-electron chi connectivity index (χ0n) is 8.07. The lowest BCUT2D eigenvalue weighted by Gasteiger charge is -2.29. The van der Waals surface area contributed by atoms with Crippen LogP contribution in [0.1, 0.15) is 0 Å². The van der Waals surface area contributed by atoms with Gasteiger partial charge in [-0.05, 0) is 0 Å². The van der Waals surface area contributed by atoms with E-state index < -0.39 is 16.5 Å². The van der Waals surface area contributed by atoms with Crippen molar-refractivity contribution in [2.75, 3.05) is 0 Å². The van der Waals surface area contributed by atoms with E-state index in [2.05, 4.69) is 55.4 Å². The summed E-state index contributed by atoms with van der Waals surface area (Å²) in [5.74, 6) is 0. The van der Waals surface area contributed by atoms with Crippen molar-refractivity contribution < 1.29 is 0 Å². The monoisotopic (exact) mass is 185 g/mol. The molecule has 0 aliphatic heterocycles. The molecule has 64 valence electrons. The molecule has 3 heteroatoms. The van der Waals surface area contributed by atoms with Crippen molar-refractivity contribution in [2.24, 2.45) is 0 Å². The maximum atomic E-state index is 3.84. The van der Waals surface area contributed by atoms with Crippen LogP contribution in [0.15, 0.2) is 24.6 Å². The number of nitrogens with one attached hydrogen (secondary N) is 1. The molecule has 0 bridgehead atoms. The highest BCUT2D eigenvalue weighted by atomic mass is 28.4. The van der Waals surface area contributed by atoms with Gasteiger partial charge >= 0.3 is 0 Å². The minimum absolute atomic E-state index is 1.33. The topological polar surface area (TPSA) is 12.0 Å². The van der Waals surface area contributed by atoms with E-state index in [4.69, 9.17) is 0 Å². The summed E-state index contributed by atoms with van der Waals surface area (Å²) in [6.45, 7) is 16.7. The standard InChI is InChI=1S/C8H19NSi2/c1-7-10(3,4)9-11(5,6)8-2/h7-9H,1-2H2,3-6H3. The minimum Gasteiger partial charge on any atom is -0.353 e. The Morgan fingerprint density at radius 3 is 1.36 bits per heavy atom. The van der Waals surface area contributed by atoms with Crippen LogP contribution in [0, 0.1) is 0 Å². The zero-order chi connectivity index (χ0) is 9.12. The van der Waals surface area contributed by atoms with Gasteiger partial charge in [0.15, 0.2) is 0 Å². The third-order valence-electron chi connectivity index (χ3n) is 1.66. The van der Waals surface area contributed by atoms with Crippen LogP contribution in [0.4, 0.5) is 0 Å². The fourth-order valence-corrected chi connectivity index (χ4v) is 8.39. The van der Waals surface area contributed by atoms with E-state index in [1.807, 2.05) is 0 Å². The second-order valence-corrected chi connectivity index (χ2v) is 12.7. The van der Waals surface area contributed by atoms with Gasteiger partial charge in [-0.3, -0.25) is 0 Å². The van der Waals surface area contributed by atoms with Gasteiger partial charge in [-0.25, -0.2) is 0 Å². The minimum atomic E-state index is -1.33. The number of hydrogen-bond acceptors (Lipinski definition) is 1. The summed E-state index contributed by atoms with van der Waals surface area (Å²) in [7, 11) is -2.66. The average Bonchev–Trinajstić information content (AvgIpc) is 1.86. The Morgan fingerprint density at radius 2 is 1.18 bits per heavy atom. The van der Waals surface area contributed by atoms with E-state index in [1.165, 1.54) is 0 Å². The molecule has 0 rings (SSSR count). The van der Waals surface area contributed by atoms with Crippen molar-refractivity contribution in [1.82, 2.24) is 4.65 Å². The molecule has 0 atom stereocenters. The summed E-state index contributed by atoms with van der Waals surface area (Å²) < 4.78 is 3.67. The SMILES string of the molecule is C=C[Si](C)(C)N[Si](C)(C)C=C. The molecular weight excluding hydrogens is 166 g/mol. The largest absolute Gasteiger partial charge is 0.353 e.